The van der Waals surface area contributed by atoms with Crippen molar-refractivity contribution in [2.24, 2.45) is 5.73 Å². The highest BCUT2D eigenvalue weighted by molar-refractivity contribution is 5.96. The molecule has 3 N–H and O–H groups in total. The molecule has 0 aliphatic carbocycles. The zero-order valence-corrected chi connectivity index (χ0v) is 24.8. The summed E-state index contributed by atoms with van der Waals surface area (Å²) >= 11 is 0. The second-order valence-electron chi connectivity index (χ2n) is 11.7. The van der Waals surface area contributed by atoms with E-state index in [1.54, 1.807) is 7.11 Å². The van der Waals surface area contributed by atoms with E-state index in [1.165, 1.54) is 16.6 Å². The van der Waals surface area contributed by atoms with Crippen molar-refractivity contribution in [1.29, 1.82) is 0 Å². The quantitative estimate of drug-likeness (QED) is 0.247. The van der Waals surface area contributed by atoms with E-state index in [0.717, 1.165) is 62.2 Å². The maximum absolute atomic E-state index is 13.4. The number of carbonyl (C=O) groups is 2. The molecule has 8 heteroatoms. The minimum absolute atomic E-state index is 0.0446. The third-order valence-corrected chi connectivity index (χ3v) is 8.60. The average Bonchev–Trinajstić information content (AvgIpc) is 3.40. The number of amides is 2. The van der Waals surface area contributed by atoms with Crippen LogP contribution in [0.1, 0.15) is 42.9 Å². The highest BCUT2D eigenvalue weighted by Gasteiger charge is 2.28. The number of para-hydroxylation sites is 1. The van der Waals surface area contributed by atoms with Crippen molar-refractivity contribution in [1.82, 2.24) is 9.47 Å². The summed E-state index contributed by atoms with van der Waals surface area (Å²) < 4.78 is 13.2. The zero-order valence-electron chi connectivity index (χ0n) is 24.8. The molecule has 6 rings (SSSR count). The Morgan fingerprint density at radius 3 is 2.74 bits per heavy atom. The fraction of sp³-hybridized carbons (Fsp3) is 0.371. The van der Waals surface area contributed by atoms with E-state index in [0.29, 0.717) is 30.2 Å². The number of nitrogens with one attached hydrogen (secondary N) is 1. The van der Waals surface area contributed by atoms with Gasteiger partial charge >= 0.3 is 0 Å². The van der Waals surface area contributed by atoms with Crippen LogP contribution in [0.5, 0.6) is 5.75 Å². The van der Waals surface area contributed by atoms with Crippen LogP contribution in [-0.2, 0) is 27.3 Å². The number of aromatic nitrogens is 1. The fourth-order valence-corrected chi connectivity index (χ4v) is 6.46. The SMILES string of the molecule is COCCCn1c(C2CCCN(C(=O)C[C@H](N)Cc3ccc(-c4ccc5c(c4)NC(=O)CO5)cc3)C2)cc2ccccc21. The zero-order chi connectivity index (χ0) is 29.8. The van der Waals surface area contributed by atoms with Gasteiger partial charge in [0.25, 0.3) is 5.91 Å². The molecule has 3 heterocycles. The molecule has 1 fully saturated rings. The number of carbonyl (C=O) groups excluding carboxylic acids is 2. The first-order valence-corrected chi connectivity index (χ1v) is 15.2. The van der Waals surface area contributed by atoms with E-state index in [4.69, 9.17) is 15.2 Å². The van der Waals surface area contributed by atoms with Gasteiger partial charge in [0.1, 0.15) is 5.75 Å². The van der Waals surface area contributed by atoms with E-state index < -0.39 is 0 Å². The first-order valence-electron chi connectivity index (χ1n) is 15.2. The Hall–Kier alpha value is -4.14. The van der Waals surface area contributed by atoms with E-state index in [1.807, 2.05) is 23.1 Å². The van der Waals surface area contributed by atoms with Crippen LogP contribution in [0.3, 0.4) is 0 Å². The van der Waals surface area contributed by atoms with Crippen molar-refractivity contribution < 1.29 is 19.1 Å². The molecule has 4 aromatic rings. The lowest BCUT2D eigenvalue weighted by Gasteiger charge is -2.34. The molecule has 2 aliphatic rings. The van der Waals surface area contributed by atoms with Gasteiger partial charge < -0.3 is 30.0 Å². The standard InChI is InChI=1S/C35H40N4O4/c1-42-17-5-16-39-31-8-3-2-6-27(31)20-32(39)28-7-4-15-38(22-28)35(41)21-29(36)18-24-9-11-25(12-10-24)26-13-14-33-30(19-26)37-34(40)23-43-33/h2-3,6,8-14,19-20,28-29H,4-5,7,15-18,21-23,36H2,1H3,(H,37,40)/t28?,29-/m1/s1. The Morgan fingerprint density at radius 2 is 1.91 bits per heavy atom. The first-order chi connectivity index (χ1) is 21.0. The lowest BCUT2D eigenvalue weighted by molar-refractivity contribution is -0.132. The number of likely N-dealkylation sites (tertiary alicyclic amines) is 1. The van der Waals surface area contributed by atoms with Crippen molar-refractivity contribution >= 4 is 28.4 Å². The Bertz CT molecular complexity index is 1600. The molecule has 2 atom stereocenters. The molecule has 43 heavy (non-hydrogen) atoms. The first kappa shape index (κ1) is 29.0. The van der Waals surface area contributed by atoms with Crippen LogP contribution in [-0.4, -0.2) is 60.7 Å². The highest BCUT2D eigenvalue weighted by Crippen LogP contribution is 2.34. The molecular formula is C35H40N4O4. The summed E-state index contributed by atoms with van der Waals surface area (Å²) in [4.78, 5) is 27.1. The summed E-state index contributed by atoms with van der Waals surface area (Å²) in [5.74, 6) is 0.971. The van der Waals surface area contributed by atoms with Crippen molar-refractivity contribution in [3.8, 4) is 16.9 Å². The summed E-state index contributed by atoms with van der Waals surface area (Å²) in [7, 11) is 1.74. The van der Waals surface area contributed by atoms with E-state index in [2.05, 4.69) is 64.5 Å². The van der Waals surface area contributed by atoms with Crippen LogP contribution < -0.4 is 15.8 Å². The summed E-state index contributed by atoms with van der Waals surface area (Å²) in [5.41, 5.74) is 12.9. The summed E-state index contributed by atoms with van der Waals surface area (Å²) in [5, 5.41) is 4.11. The normalized spacial score (nSPS) is 17.3. The highest BCUT2D eigenvalue weighted by atomic mass is 16.5. The molecule has 0 bridgehead atoms. The number of benzene rings is 3. The molecule has 1 unspecified atom stereocenters. The van der Waals surface area contributed by atoms with E-state index >= 15 is 0 Å². The third kappa shape index (κ3) is 6.60. The molecule has 2 amide bonds. The van der Waals surface area contributed by atoms with Crippen LogP contribution in [0.4, 0.5) is 5.69 Å². The number of hydrogen-bond acceptors (Lipinski definition) is 5. The van der Waals surface area contributed by atoms with Gasteiger partial charge in [-0.3, -0.25) is 9.59 Å². The summed E-state index contributed by atoms with van der Waals surface area (Å²) in [6.07, 6.45) is 3.98. The number of hydrogen-bond donors (Lipinski definition) is 2. The molecule has 1 aromatic heterocycles. The number of rotatable bonds is 10. The van der Waals surface area contributed by atoms with Crippen molar-refractivity contribution in [3.63, 3.8) is 0 Å². The number of nitrogens with zero attached hydrogens (tertiary/aromatic N) is 2. The lowest BCUT2D eigenvalue weighted by atomic mass is 9.93. The van der Waals surface area contributed by atoms with Gasteiger partial charge in [-0.05, 0) is 72.0 Å². The Labute approximate surface area is 252 Å². The number of piperidine rings is 1. The lowest BCUT2D eigenvalue weighted by Crippen LogP contribution is -2.42. The van der Waals surface area contributed by atoms with Crippen LogP contribution >= 0.6 is 0 Å². The number of aryl methyl sites for hydroxylation is 1. The maximum Gasteiger partial charge on any atom is 0.262 e. The van der Waals surface area contributed by atoms with Gasteiger partial charge in [-0.15, -0.1) is 0 Å². The number of ether oxygens (including phenoxy) is 2. The van der Waals surface area contributed by atoms with Gasteiger partial charge in [0, 0.05) is 62.9 Å². The Balaban J connectivity index is 1.07. The number of anilines is 1. The predicted molar refractivity (Wildman–Crippen MR) is 169 cm³/mol. The molecule has 8 nitrogen and oxygen atoms in total. The summed E-state index contributed by atoms with van der Waals surface area (Å²) in [6, 6.07) is 24.6. The van der Waals surface area contributed by atoms with Crippen molar-refractivity contribution in [2.45, 2.75) is 50.6 Å². The van der Waals surface area contributed by atoms with Gasteiger partial charge in [0.2, 0.25) is 5.91 Å². The van der Waals surface area contributed by atoms with Crippen LogP contribution in [0.25, 0.3) is 22.0 Å². The van der Waals surface area contributed by atoms with E-state index in [9.17, 15) is 9.59 Å². The van der Waals surface area contributed by atoms with Gasteiger partial charge in [-0.2, -0.15) is 0 Å². The molecule has 0 spiro atoms. The second kappa shape index (κ2) is 13.0. The molecule has 3 aromatic carbocycles. The molecule has 0 radical (unpaired) electrons. The monoisotopic (exact) mass is 580 g/mol. The summed E-state index contributed by atoms with van der Waals surface area (Å²) in [6.45, 7) is 3.19. The Morgan fingerprint density at radius 1 is 1.09 bits per heavy atom. The molecule has 2 aliphatic heterocycles. The molecule has 224 valence electrons. The second-order valence-corrected chi connectivity index (χ2v) is 11.7. The topological polar surface area (TPSA) is 98.8 Å². The van der Waals surface area contributed by atoms with Crippen LogP contribution in [0.15, 0.2) is 72.8 Å². The number of nitrogens with two attached hydrogens (primary N) is 1. The minimum Gasteiger partial charge on any atom is -0.482 e. The third-order valence-electron chi connectivity index (χ3n) is 8.60. The van der Waals surface area contributed by atoms with E-state index in [-0.39, 0.29) is 24.5 Å². The number of fused-ring (bicyclic) bond motifs is 2. The molecular weight excluding hydrogens is 540 g/mol. The number of methoxy groups -OCH3 is 1. The van der Waals surface area contributed by atoms with Crippen LogP contribution in [0.2, 0.25) is 0 Å². The van der Waals surface area contributed by atoms with Crippen molar-refractivity contribution in [2.75, 3.05) is 38.7 Å². The average molecular weight is 581 g/mol. The van der Waals surface area contributed by atoms with Crippen LogP contribution in [0, 0.1) is 0 Å². The predicted octanol–water partition coefficient (Wildman–Crippen LogP) is 5.34. The smallest absolute Gasteiger partial charge is 0.262 e. The molecule has 1 saturated heterocycles. The maximum atomic E-state index is 13.4. The minimum atomic E-state index is -0.254. The molecule has 0 saturated carbocycles. The van der Waals surface area contributed by atoms with Gasteiger partial charge in [0.15, 0.2) is 6.61 Å². The van der Waals surface area contributed by atoms with Gasteiger partial charge in [-0.1, -0.05) is 48.5 Å². The largest absolute Gasteiger partial charge is 0.482 e. The Kier molecular flexibility index (Phi) is 8.77. The fourth-order valence-electron chi connectivity index (χ4n) is 6.46. The van der Waals surface area contributed by atoms with Gasteiger partial charge in [-0.25, -0.2) is 0 Å². The van der Waals surface area contributed by atoms with Crippen molar-refractivity contribution in [3.05, 3.63) is 84.1 Å². The van der Waals surface area contributed by atoms with Gasteiger partial charge in [0.05, 0.1) is 5.69 Å².